The van der Waals surface area contributed by atoms with E-state index in [1.807, 2.05) is 9.80 Å². The average Bonchev–Trinajstić information content (AvgIpc) is 3.00. The van der Waals surface area contributed by atoms with Crippen LogP contribution in [-0.4, -0.2) is 58.6 Å². The number of halogens is 1. The summed E-state index contributed by atoms with van der Waals surface area (Å²) < 4.78 is 6.08. The fraction of sp³-hybridized carbons (Fsp3) is 0.611. The third-order valence-corrected chi connectivity index (χ3v) is 5.42. The predicted octanol–water partition coefficient (Wildman–Crippen LogP) is 3.46. The molecule has 0 saturated carbocycles. The summed E-state index contributed by atoms with van der Waals surface area (Å²) in [5, 5.41) is 0. The maximum atomic E-state index is 12.6. The van der Waals surface area contributed by atoms with Crippen molar-refractivity contribution in [2.24, 2.45) is 0 Å². The van der Waals surface area contributed by atoms with Crippen LogP contribution in [0.25, 0.3) is 0 Å². The van der Waals surface area contributed by atoms with Crippen molar-refractivity contribution < 1.29 is 14.3 Å². The Bertz CT molecular complexity index is 632. The van der Waals surface area contributed by atoms with Gasteiger partial charge in [0.25, 0.3) is 5.91 Å². The Morgan fingerprint density at radius 3 is 2.80 bits per heavy atom. The lowest BCUT2D eigenvalue weighted by Gasteiger charge is -2.37. The first-order chi connectivity index (χ1) is 12.1. The largest absolute Gasteiger partial charge is 0.447 e. The summed E-state index contributed by atoms with van der Waals surface area (Å²) in [7, 11) is 0. The first kappa shape index (κ1) is 18.2. The van der Waals surface area contributed by atoms with Crippen LogP contribution in [0.3, 0.4) is 0 Å². The lowest BCUT2D eigenvalue weighted by atomic mass is 10.00. The number of ether oxygens (including phenoxy) is 1. The van der Waals surface area contributed by atoms with Crippen LogP contribution in [0.15, 0.2) is 22.9 Å². The molecular formula is C18H24BrN3O3. The third kappa shape index (κ3) is 4.14. The predicted molar refractivity (Wildman–Crippen MR) is 97.4 cm³/mol. The number of hydrogen-bond donors (Lipinski definition) is 0. The van der Waals surface area contributed by atoms with Crippen molar-refractivity contribution in [2.45, 2.75) is 51.1 Å². The minimum atomic E-state index is -0.193. The van der Waals surface area contributed by atoms with Crippen LogP contribution in [-0.2, 0) is 4.74 Å². The van der Waals surface area contributed by atoms with E-state index < -0.39 is 0 Å². The standard InChI is InChI=1S/C18H24BrN3O3/c1-2-3-4-16-12-25-18(24)22(16)15-5-7-21(8-6-15)17(23)13-9-14(19)11-20-10-13/h9-11,15-16H,2-8,12H2,1H3. The zero-order valence-corrected chi connectivity index (χ0v) is 16.1. The van der Waals surface area contributed by atoms with Crippen molar-refractivity contribution in [1.82, 2.24) is 14.8 Å². The van der Waals surface area contributed by atoms with E-state index in [0.29, 0.717) is 25.3 Å². The van der Waals surface area contributed by atoms with E-state index in [1.165, 1.54) is 0 Å². The molecule has 1 unspecified atom stereocenters. The van der Waals surface area contributed by atoms with E-state index in [0.717, 1.165) is 36.6 Å². The molecule has 2 fully saturated rings. The lowest BCUT2D eigenvalue weighted by molar-refractivity contribution is 0.0633. The summed E-state index contributed by atoms with van der Waals surface area (Å²) in [4.78, 5) is 32.6. The Morgan fingerprint density at radius 2 is 2.12 bits per heavy atom. The molecule has 0 aliphatic carbocycles. The number of amides is 2. The number of aromatic nitrogens is 1. The molecule has 1 aromatic heterocycles. The molecule has 0 N–H and O–H groups in total. The summed E-state index contributed by atoms with van der Waals surface area (Å²) in [6, 6.07) is 2.15. The molecule has 0 radical (unpaired) electrons. The van der Waals surface area contributed by atoms with Gasteiger partial charge in [-0.3, -0.25) is 14.7 Å². The van der Waals surface area contributed by atoms with Crippen LogP contribution >= 0.6 is 15.9 Å². The highest BCUT2D eigenvalue weighted by Crippen LogP contribution is 2.27. The maximum Gasteiger partial charge on any atom is 0.410 e. The van der Waals surface area contributed by atoms with Gasteiger partial charge < -0.3 is 9.64 Å². The van der Waals surface area contributed by atoms with Gasteiger partial charge in [-0.1, -0.05) is 19.8 Å². The molecule has 2 aliphatic heterocycles. The number of hydrogen-bond acceptors (Lipinski definition) is 4. The van der Waals surface area contributed by atoms with E-state index in [9.17, 15) is 9.59 Å². The first-order valence-electron chi connectivity index (χ1n) is 8.95. The second kappa shape index (κ2) is 8.17. The van der Waals surface area contributed by atoms with Crippen molar-refractivity contribution >= 4 is 27.9 Å². The molecule has 2 amide bonds. The van der Waals surface area contributed by atoms with E-state index in [2.05, 4.69) is 27.8 Å². The molecule has 136 valence electrons. The Kier molecular flexibility index (Phi) is 5.93. The fourth-order valence-electron chi connectivity index (χ4n) is 3.64. The summed E-state index contributed by atoms with van der Waals surface area (Å²) in [5.74, 6) is -0.00113. The Labute approximate surface area is 156 Å². The smallest absolute Gasteiger partial charge is 0.410 e. The van der Waals surface area contributed by atoms with Gasteiger partial charge in [-0.05, 0) is 41.3 Å². The maximum absolute atomic E-state index is 12.6. The van der Waals surface area contributed by atoms with Gasteiger partial charge >= 0.3 is 6.09 Å². The van der Waals surface area contributed by atoms with Crippen molar-refractivity contribution in [3.05, 3.63) is 28.5 Å². The van der Waals surface area contributed by atoms with Gasteiger partial charge in [0.1, 0.15) is 6.61 Å². The van der Waals surface area contributed by atoms with Crippen LogP contribution in [0.5, 0.6) is 0 Å². The number of piperidine rings is 1. The quantitative estimate of drug-likeness (QED) is 0.746. The zero-order chi connectivity index (χ0) is 17.8. The first-order valence-corrected chi connectivity index (χ1v) is 9.74. The van der Waals surface area contributed by atoms with Gasteiger partial charge in [-0.25, -0.2) is 4.79 Å². The third-order valence-electron chi connectivity index (χ3n) is 4.99. The molecule has 0 spiro atoms. The topological polar surface area (TPSA) is 62.7 Å². The number of pyridine rings is 1. The van der Waals surface area contributed by atoms with Crippen molar-refractivity contribution in [3.63, 3.8) is 0 Å². The second-order valence-electron chi connectivity index (χ2n) is 6.70. The second-order valence-corrected chi connectivity index (χ2v) is 7.61. The molecule has 3 rings (SSSR count). The van der Waals surface area contributed by atoms with E-state index >= 15 is 0 Å². The Morgan fingerprint density at radius 1 is 1.36 bits per heavy atom. The zero-order valence-electron chi connectivity index (χ0n) is 14.5. The molecule has 2 saturated heterocycles. The summed E-state index contributed by atoms with van der Waals surface area (Å²) >= 11 is 3.35. The highest BCUT2D eigenvalue weighted by Gasteiger charge is 2.39. The van der Waals surface area contributed by atoms with Crippen molar-refractivity contribution in [3.8, 4) is 0 Å². The molecule has 0 aromatic carbocycles. The highest BCUT2D eigenvalue weighted by molar-refractivity contribution is 9.10. The van der Waals surface area contributed by atoms with Gasteiger partial charge in [-0.15, -0.1) is 0 Å². The van der Waals surface area contributed by atoms with Gasteiger partial charge in [-0.2, -0.15) is 0 Å². The molecule has 7 heteroatoms. The van der Waals surface area contributed by atoms with E-state index in [1.54, 1.807) is 18.5 Å². The van der Waals surface area contributed by atoms with E-state index in [-0.39, 0.29) is 24.1 Å². The van der Waals surface area contributed by atoms with Gasteiger partial charge in [0.2, 0.25) is 0 Å². The van der Waals surface area contributed by atoms with Crippen LogP contribution < -0.4 is 0 Å². The normalized spacial score (nSPS) is 21.5. The number of carbonyl (C=O) groups is 2. The SMILES string of the molecule is CCCCC1COC(=O)N1C1CCN(C(=O)c2cncc(Br)c2)CC1. The summed E-state index contributed by atoms with van der Waals surface area (Å²) in [6.45, 7) is 3.96. The number of unbranched alkanes of at least 4 members (excludes halogenated alkanes) is 1. The minimum absolute atomic E-state index is 0.00113. The van der Waals surface area contributed by atoms with Gasteiger partial charge in [0, 0.05) is 36.0 Å². The number of cyclic esters (lactones) is 1. The Hall–Kier alpha value is -1.63. The molecule has 2 aliphatic rings. The van der Waals surface area contributed by atoms with Crippen molar-refractivity contribution in [1.29, 1.82) is 0 Å². The molecule has 1 aromatic rings. The summed E-state index contributed by atoms with van der Waals surface area (Å²) in [5.41, 5.74) is 0.592. The molecule has 6 nitrogen and oxygen atoms in total. The highest BCUT2D eigenvalue weighted by atomic mass is 79.9. The van der Waals surface area contributed by atoms with Crippen LogP contribution in [0.4, 0.5) is 4.79 Å². The number of rotatable bonds is 5. The summed E-state index contributed by atoms with van der Waals surface area (Å²) in [6.07, 6.45) is 7.87. The fourth-order valence-corrected chi connectivity index (χ4v) is 4.00. The van der Waals surface area contributed by atoms with Crippen LogP contribution in [0, 0.1) is 0 Å². The minimum Gasteiger partial charge on any atom is -0.447 e. The average molecular weight is 410 g/mol. The Balaban J connectivity index is 1.59. The molecular weight excluding hydrogens is 386 g/mol. The number of nitrogens with zero attached hydrogens (tertiary/aromatic N) is 3. The van der Waals surface area contributed by atoms with E-state index in [4.69, 9.17) is 4.74 Å². The van der Waals surface area contributed by atoms with Crippen LogP contribution in [0.2, 0.25) is 0 Å². The van der Waals surface area contributed by atoms with Crippen LogP contribution in [0.1, 0.15) is 49.4 Å². The lowest BCUT2D eigenvalue weighted by Crippen LogP contribution is -2.49. The van der Waals surface area contributed by atoms with Crippen molar-refractivity contribution in [2.75, 3.05) is 19.7 Å². The monoisotopic (exact) mass is 409 g/mol. The molecule has 3 heterocycles. The molecule has 0 bridgehead atoms. The number of carbonyl (C=O) groups excluding carboxylic acids is 2. The number of likely N-dealkylation sites (tertiary alicyclic amines) is 1. The molecule has 25 heavy (non-hydrogen) atoms. The van der Waals surface area contributed by atoms with Gasteiger partial charge in [0.05, 0.1) is 11.6 Å². The molecule has 1 atom stereocenters. The van der Waals surface area contributed by atoms with Gasteiger partial charge in [0.15, 0.2) is 0 Å².